The Morgan fingerprint density at radius 3 is 2.74 bits per heavy atom. The third-order valence-corrected chi connectivity index (χ3v) is 4.23. The van der Waals surface area contributed by atoms with Crippen LogP contribution in [0.1, 0.15) is 35.3 Å². The SMILES string of the molecule is CC(C)C(=O)NCc1c2c(c(O)c3c1OCO3)C(=O)N(C)CC2. The Balaban J connectivity index is 2.07. The van der Waals surface area contributed by atoms with Gasteiger partial charge in [0, 0.05) is 31.6 Å². The summed E-state index contributed by atoms with van der Waals surface area (Å²) in [4.78, 5) is 25.8. The van der Waals surface area contributed by atoms with Gasteiger partial charge in [-0.05, 0) is 12.0 Å². The minimum atomic E-state index is -0.251. The van der Waals surface area contributed by atoms with Crippen LogP contribution in [0.3, 0.4) is 0 Å². The number of hydrogen-bond acceptors (Lipinski definition) is 5. The number of rotatable bonds is 3. The van der Waals surface area contributed by atoms with Crippen molar-refractivity contribution in [3.8, 4) is 17.2 Å². The fraction of sp³-hybridized carbons (Fsp3) is 0.500. The molecule has 0 spiro atoms. The predicted octanol–water partition coefficient (Wildman–Crippen LogP) is 1.02. The number of phenolic OH excluding ortho intramolecular Hbond substituents is 1. The number of aromatic hydroxyl groups is 1. The zero-order valence-corrected chi connectivity index (χ0v) is 13.4. The van der Waals surface area contributed by atoms with Crippen LogP contribution in [0.5, 0.6) is 17.2 Å². The Labute approximate surface area is 134 Å². The Kier molecular flexibility index (Phi) is 3.79. The van der Waals surface area contributed by atoms with E-state index in [1.807, 2.05) is 13.8 Å². The first-order valence-corrected chi connectivity index (χ1v) is 7.61. The number of carbonyl (C=O) groups excluding carboxylic acids is 2. The normalized spacial score (nSPS) is 15.8. The van der Waals surface area contributed by atoms with Gasteiger partial charge in [0.1, 0.15) is 0 Å². The maximum atomic E-state index is 12.4. The van der Waals surface area contributed by atoms with Crippen LogP contribution < -0.4 is 14.8 Å². The van der Waals surface area contributed by atoms with Crippen molar-refractivity contribution in [3.05, 3.63) is 16.7 Å². The number of amides is 2. The minimum Gasteiger partial charge on any atom is -0.504 e. The molecule has 2 amide bonds. The number of phenols is 1. The third-order valence-electron chi connectivity index (χ3n) is 4.23. The van der Waals surface area contributed by atoms with E-state index >= 15 is 0 Å². The molecule has 1 aromatic rings. The molecule has 0 saturated heterocycles. The van der Waals surface area contributed by atoms with Crippen LogP contribution in [-0.4, -0.2) is 42.2 Å². The highest BCUT2D eigenvalue weighted by atomic mass is 16.7. The summed E-state index contributed by atoms with van der Waals surface area (Å²) < 4.78 is 10.8. The van der Waals surface area contributed by atoms with Crippen molar-refractivity contribution in [3.63, 3.8) is 0 Å². The van der Waals surface area contributed by atoms with Gasteiger partial charge in [0.25, 0.3) is 5.91 Å². The van der Waals surface area contributed by atoms with Gasteiger partial charge in [-0.2, -0.15) is 0 Å². The Bertz CT molecular complexity index is 684. The first-order valence-electron chi connectivity index (χ1n) is 7.61. The molecule has 2 aliphatic rings. The van der Waals surface area contributed by atoms with Crippen LogP contribution >= 0.6 is 0 Å². The second-order valence-corrected chi connectivity index (χ2v) is 6.09. The smallest absolute Gasteiger partial charge is 0.257 e. The lowest BCUT2D eigenvalue weighted by Gasteiger charge is -2.28. The van der Waals surface area contributed by atoms with Gasteiger partial charge in [0.05, 0.1) is 5.56 Å². The Morgan fingerprint density at radius 1 is 1.35 bits per heavy atom. The average molecular weight is 320 g/mol. The maximum absolute atomic E-state index is 12.4. The monoisotopic (exact) mass is 320 g/mol. The molecule has 0 fully saturated rings. The van der Waals surface area contributed by atoms with Crippen molar-refractivity contribution in [2.24, 2.45) is 5.92 Å². The molecule has 7 nitrogen and oxygen atoms in total. The molecule has 0 atom stereocenters. The number of hydrogen-bond donors (Lipinski definition) is 2. The van der Waals surface area contributed by atoms with Gasteiger partial charge in [-0.3, -0.25) is 9.59 Å². The van der Waals surface area contributed by atoms with Crippen molar-refractivity contribution in [1.29, 1.82) is 0 Å². The van der Waals surface area contributed by atoms with E-state index in [9.17, 15) is 14.7 Å². The molecule has 2 N–H and O–H groups in total. The summed E-state index contributed by atoms with van der Waals surface area (Å²) >= 11 is 0. The van der Waals surface area contributed by atoms with Crippen LogP contribution in [0.4, 0.5) is 0 Å². The van der Waals surface area contributed by atoms with Gasteiger partial charge in [0.15, 0.2) is 11.5 Å². The lowest BCUT2D eigenvalue weighted by atomic mass is 9.91. The van der Waals surface area contributed by atoms with Crippen molar-refractivity contribution >= 4 is 11.8 Å². The second-order valence-electron chi connectivity index (χ2n) is 6.09. The highest BCUT2D eigenvalue weighted by Crippen LogP contribution is 2.48. The fourth-order valence-corrected chi connectivity index (χ4v) is 2.87. The minimum absolute atomic E-state index is 0.0130. The van der Waals surface area contributed by atoms with Crippen LogP contribution in [0.25, 0.3) is 0 Å². The summed E-state index contributed by atoms with van der Waals surface area (Å²) in [6.45, 7) is 4.40. The number of likely N-dealkylation sites (N-methyl/N-ethyl adjacent to an activating group) is 1. The zero-order valence-electron chi connectivity index (χ0n) is 13.4. The Hall–Kier alpha value is -2.44. The summed E-state index contributed by atoms with van der Waals surface area (Å²) in [5.74, 6) is -0.0509. The molecule has 124 valence electrons. The highest BCUT2D eigenvalue weighted by Gasteiger charge is 2.35. The zero-order chi connectivity index (χ0) is 16.7. The first-order chi connectivity index (χ1) is 10.9. The van der Waals surface area contributed by atoms with Crippen LogP contribution in [0, 0.1) is 5.92 Å². The molecule has 0 aliphatic carbocycles. The largest absolute Gasteiger partial charge is 0.504 e. The molecule has 3 rings (SSSR count). The lowest BCUT2D eigenvalue weighted by Crippen LogP contribution is -2.35. The number of fused-ring (bicyclic) bond motifs is 2. The van der Waals surface area contributed by atoms with Crippen molar-refractivity contribution in [1.82, 2.24) is 10.2 Å². The molecule has 0 unspecified atom stereocenters. The van der Waals surface area contributed by atoms with E-state index in [4.69, 9.17) is 9.47 Å². The topological polar surface area (TPSA) is 88.1 Å². The molecule has 2 heterocycles. The summed E-state index contributed by atoms with van der Waals surface area (Å²) in [6.07, 6.45) is 0.592. The molecule has 23 heavy (non-hydrogen) atoms. The Morgan fingerprint density at radius 2 is 2.04 bits per heavy atom. The van der Waals surface area contributed by atoms with Gasteiger partial charge >= 0.3 is 0 Å². The number of carbonyl (C=O) groups is 2. The standard InChI is InChI=1S/C16H20N2O5/c1-8(2)15(20)17-6-10-9-4-5-18(3)16(21)11(9)12(19)14-13(10)22-7-23-14/h8,19H,4-7H2,1-3H3,(H,17,20). The molecule has 0 saturated carbocycles. The number of nitrogens with one attached hydrogen (secondary N) is 1. The number of benzene rings is 1. The molecular weight excluding hydrogens is 300 g/mol. The molecule has 2 aliphatic heterocycles. The van der Waals surface area contributed by atoms with E-state index in [0.717, 1.165) is 5.56 Å². The number of nitrogens with zero attached hydrogens (tertiary/aromatic N) is 1. The third kappa shape index (κ3) is 2.46. The highest BCUT2D eigenvalue weighted by molar-refractivity contribution is 6.01. The quantitative estimate of drug-likeness (QED) is 0.868. The average Bonchev–Trinajstić information content (AvgIpc) is 2.99. The summed E-state index contributed by atoms with van der Waals surface area (Å²) in [5, 5.41) is 13.2. The van der Waals surface area contributed by atoms with E-state index in [2.05, 4.69) is 5.32 Å². The van der Waals surface area contributed by atoms with Crippen LogP contribution in [0.2, 0.25) is 0 Å². The van der Waals surface area contributed by atoms with E-state index in [-0.39, 0.29) is 48.1 Å². The maximum Gasteiger partial charge on any atom is 0.257 e. The second kappa shape index (κ2) is 5.64. The molecular formula is C16H20N2O5. The lowest BCUT2D eigenvalue weighted by molar-refractivity contribution is -0.124. The van der Waals surface area contributed by atoms with Gasteiger partial charge in [-0.15, -0.1) is 0 Å². The fourth-order valence-electron chi connectivity index (χ4n) is 2.87. The van der Waals surface area contributed by atoms with E-state index in [1.54, 1.807) is 11.9 Å². The van der Waals surface area contributed by atoms with Gasteiger partial charge in [-0.1, -0.05) is 13.8 Å². The van der Waals surface area contributed by atoms with Crippen molar-refractivity contribution in [2.45, 2.75) is 26.8 Å². The summed E-state index contributed by atoms with van der Waals surface area (Å²) in [7, 11) is 1.69. The van der Waals surface area contributed by atoms with Crippen molar-refractivity contribution < 1.29 is 24.2 Å². The molecule has 7 heteroatoms. The van der Waals surface area contributed by atoms with Crippen LogP contribution in [-0.2, 0) is 17.8 Å². The predicted molar refractivity (Wildman–Crippen MR) is 81.6 cm³/mol. The summed E-state index contributed by atoms with van der Waals surface area (Å²) in [6, 6.07) is 0. The molecule has 0 bridgehead atoms. The molecule has 1 aromatic carbocycles. The first kappa shape index (κ1) is 15.5. The molecule has 0 radical (unpaired) electrons. The number of ether oxygens (including phenoxy) is 2. The van der Waals surface area contributed by atoms with Gasteiger partial charge in [0.2, 0.25) is 18.4 Å². The van der Waals surface area contributed by atoms with Gasteiger partial charge in [-0.25, -0.2) is 0 Å². The van der Waals surface area contributed by atoms with E-state index in [0.29, 0.717) is 24.3 Å². The van der Waals surface area contributed by atoms with Crippen molar-refractivity contribution in [2.75, 3.05) is 20.4 Å². The van der Waals surface area contributed by atoms with E-state index < -0.39 is 0 Å². The summed E-state index contributed by atoms with van der Waals surface area (Å²) in [5.41, 5.74) is 1.68. The van der Waals surface area contributed by atoms with E-state index in [1.165, 1.54) is 0 Å². The molecule has 0 aromatic heterocycles. The van der Waals surface area contributed by atoms with Gasteiger partial charge < -0.3 is 24.8 Å². The van der Waals surface area contributed by atoms with Crippen LogP contribution in [0.15, 0.2) is 0 Å².